The maximum Gasteiger partial charge on any atom is 0.387 e. The first-order chi connectivity index (χ1) is 12.3. The van der Waals surface area contributed by atoms with E-state index in [9.17, 15) is 18.0 Å². The number of carbonyl (C=O) groups is 1. The zero-order valence-electron chi connectivity index (χ0n) is 14.6. The van der Waals surface area contributed by atoms with Crippen molar-refractivity contribution in [2.45, 2.75) is 32.4 Å². The van der Waals surface area contributed by atoms with E-state index in [1.165, 1.54) is 12.1 Å². The van der Waals surface area contributed by atoms with E-state index in [1.807, 2.05) is 13.8 Å². The topological polar surface area (TPSA) is 50.4 Å². The van der Waals surface area contributed by atoms with E-state index in [0.29, 0.717) is 11.1 Å². The van der Waals surface area contributed by atoms with Crippen LogP contribution in [-0.4, -0.2) is 19.2 Å². The molecule has 0 saturated heterocycles. The summed E-state index contributed by atoms with van der Waals surface area (Å²) in [5.41, 5.74) is 0.312. The molecule has 2 rings (SSSR count). The molecular formula is C19H21F3N2O2. The monoisotopic (exact) mass is 366 g/mol. The number of halogens is 3. The lowest BCUT2D eigenvalue weighted by atomic mass is 9.84. The van der Waals surface area contributed by atoms with Crippen LogP contribution in [-0.2, 0) is 12.0 Å². The Bertz CT molecular complexity index is 751. The van der Waals surface area contributed by atoms with Gasteiger partial charge >= 0.3 is 12.6 Å². The highest BCUT2D eigenvalue weighted by atomic mass is 19.3. The van der Waals surface area contributed by atoms with Crippen LogP contribution < -0.4 is 15.4 Å². The van der Waals surface area contributed by atoms with E-state index in [4.69, 9.17) is 0 Å². The van der Waals surface area contributed by atoms with Gasteiger partial charge in [0.2, 0.25) is 0 Å². The quantitative estimate of drug-likeness (QED) is 0.771. The van der Waals surface area contributed by atoms with E-state index in [1.54, 1.807) is 36.4 Å². The third kappa shape index (κ3) is 5.40. The maximum absolute atomic E-state index is 13.9. The fourth-order valence-electron chi connectivity index (χ4n) is 2.51. The van der Waals surface area contributed by atoms with Crippen LogP contribution in [0.25, 0.3) is 0 Å². The maximum atomic E-state index is 13.9. The molecule has 0 aliphatic rings. The second-order valence-corrected chi connectivity index (χ2v) is 6.39. The van der Waals surface area contributed by atoms with Gasteiger partial charge in [0, 0.05) is 24.1 Å². The number of rotatable bonds is 7. The van der Waals surface area contributed by atoms with Gasteiger partial charge in [0.05, 0.1) is 0 Å². The summed E-state index contributed by atoms with van der Waals surface area (Å²) >= 11 is 0. The summed E-state index contributed by atoms with van der Waals surface area (Å²) in [6.45, 7) is 0.921. The second-order valence-electron chi connectivity index (χ2n) is 6.39. The molecule has 0 spiro atoms. The summed E-state index contributed by atoms with van der Waals surface area (Å²) in [5.74, 6) is -0.327. The van der Waals surface area contributed by atoms with Crippen LogP contribution in [0.15, 0.2) is 48.5 Å². The Morgan fingerprint density at radius 2 is 1.73 bits per heavy atom. The number of ether oxygens (including phenoxy) is 1. The van der Waals surface area contributed by atoms with Gasteiger partial charge in [0.25, 0.3) is 0 Å². The van der Waals surface area contributed by atoms with Crippen molar-refractivity contribution in [3.63, 3.8) is 0 Å². The number of urea groups is 1. The second kappa shape index (κ2) is 8.60. The Labute approximate surface area is 150 Å². The molecule has 0 radical (unpaired) electrons. The fourth-order valence-corrected chi connectivity index (χ4v) is 2.51. The number of para-hydroxylation sites is 1. The SMILES string of the molecule is CC(C)(CNC(=O)NCc1ccccc1OC(F)F)c1ccccc1F. The van der Waals surface area contributed by atoms with Crippen molar-refractivity contribution in [3.05, 3.63) is 65.5 Å². The smallest absolute Gasteiger partial charge is 0.387 e. The summed E-state index contributed by atoms with van der Waals surface area (Å²) in [6.07, 6.45) is 0. The molecule has 0 bridgehead atoms. The molecule has 7 heteroatoms. The predicted molar refractivity (Wildman–Crippen MR) is 92.7 cm³/mol. The van der Waals surface area contributed by atoms with Gasteiger partial charge in [-0.2, -0.15) is 8.78 Å². The standard InChI is InChI=1S/C19H21F3N2O2/c1-19(2,14-8-4-5-9-15(14)20)12-24-18(25)23-11-13-7-3-6-10-16(13)26-17(21)22/h3-10,17H,11-12H2,1-2H3,(H2,23,24,25). The van der Waals surface area contributed by atoms with E-state index < -0.39 is 18.1 Å². The number of hydrogen-bond donors (Lipinski definition) is 2. The molecule has 2 aromatic carbocycles. The van der Waals surface area contributed by atoms with Crippen molar-refractivity contribution in [3.8, 4) is 5.75 Å². The molecule has 0 aliphatic carbocycles. The van der Waals surface area contributed by atoms with Crippen LogP contribution in [0.4, 0.5) is 18.0 Å². The minimum Gasteiger partial charge on any atom is -0.434 e. The van der Waals surface area contributed by atoms with Crippen molar-refractivity contribution < 1.29 is 22.7 Å². The van der Waals surface area contributed by atoms with Crippen LogP contribution in [0.2, 0.25) is 0 Å². The van der Waals surface area contributed by atoms with Gasteiger partial charge in [-0.05, 0) is 17.7 Å². The number of nitrogens with one attached hydrogen (secondary N) is 2. The van der Waals surface area contributed by atoms with Gasteiger partial charge in [0.15, 0.2) is 0 Å². The first-order valence-corrected chi connectivity index (χ1v) is 8.09. The molecule has 2 N–H and O–H groups in total. The summed E-state index contributed by atoms with van der Waals surface area (Å²) in [5, 5.41) is 5.26. The van der Waals surface area contributed by atoms with Gasteiger partial charge in [0.1, 0.15) is 11.6 Å². The molecule has 0 unspecified atom stereocenters. The molecule has 0 atom stereocenters. The van der Waals surface area contributed by atoms with Gasteiger partial charge in [-0.25, -0.2) is 9.18 Å². The Morgan fingerprint density at radius 3 is 2.42 bits per heavy atom. The molecule has 0 aliphatic heterocycles. The van der Waals surface area contributed by atoms with Crippen LogP contribution in [0.5, 0.6) is 5.75 Å². The van der Waals surface area contributed by atoms with E-state index in [2.05, 4.69) is 15.4 Å². The highest BCUT2D eigenvalue weighted by Crippen LogP contribution is 2.25. The van der Waals surface area contributed by atoms with Crippen molar-refractivity contribution in [2.75, 3.05) is 6.54 Å². The van der Waals surface area contributed by atoms with Crippen LogP contribution in [0.1, 0.15) is 25.0 Å². The third-order valence-electron chi connectivity index (χ3n) is 3.92. The number of hydrogen-bond acceptors (Lipinski definition) is 2. The average molecular weight is 366 g/mol. The summed E-state index contributed by atoms with van der Waals surface area (Å²) in [7, 11) is 0. The number of alkyl halides is 2. The summed E-state index contributed by atoms with van der Waals surface area (Å²) in [6, 6.07) is 12.1. The van der Waals surface area contributed by atoms with Crippen LogP contribution >= 0.6 is 0 Å². The van der Waals surface area contributed by atoms with Crippen molar-refractivity contribution in [2.24, 2.45) is 0 Å². The Balaban J connectivity index is 1.91. The highest BCUT2D eigenvalue weighted by molar-refractivity contribution is 5.74. The molecule has 0 heterocycles. The van der Waals surface area contributed by atoms with Gasteiger partial charge in [-0.1, -0.05) is 50.2 Å². The minimum absolute atomic E-state index is 0.00878. The number of amides is 2. The van der Waals surface area contributed by atoms with Crippen molar-refractivity contribution in [1.29, 1.82) is 0 Å². The molecule has 26 heavy (non-hydrogen) atoms. The van der Waals surface area contributed by atoms with Crippen LogP contribution in [0.3, 0.4) is 0 Å². The fraction of sp³-hybridized carbons (Fsp3) is 0.316. The first kappa shape index (κ1) is 19.6. The molecule has 0 aromatic heterocycles. The van der Waals surface area contributed by atoms with E-state index >= 15 is 0 Å². The Kier molecular flexibility index (Phi) is 6.49. The molecule has 4 nitrogen and oxygen atoms in total. The average Bonchev–Trinajstić information content (AvgIpc) is 2.59. The summed E-state index contributed by atoms with van der Waals surface area (Å²) in [4.78, 5) is 12.0. The zero-order chi connectivity index (χ0) is 19.2. The largest absolute Gasteiger partial charge is 0.434 e. The van der Waals surface area contributed by atoms with Gasteiger partial charge < -0.3 is 15.4 Å². The normalized spacial score (nSPS) is 11.3. The van der Waals surface area contributed by atoms with Crippen LogP contribution in [0, 0.1) is 5.82 Å². The lowest BCUT2D eigenvalue weighted by Crippen LogP contribution is -2.42. The van der Waals surface area contributed by atoms with E-state index in [-0.39, 0.29) is 24.7 Å². The Morgan fingerprint density at radius 1 is 1.08 bits per heavy atom. The highest BCUT2D eigenvalue weighted by Gasteiger charge is 2.24. The Hall–Kier alpha value is -2.70. The number of benzene rings is 2. The first-order valence-electron chi connectivity index (χ1n) is 8.09. The lowest BCUT2D eigenvalue weighted by Gasteiger charge is -2.26. The zero-order valence-corrected chi connectivity index (χ0v) is 14.6. The molecule has 140 valence electrons. The molecule has 0 saturated carbocycles. The molecule has 2 aromatic rings. The molecular weight excluding hydrogens is 345 g/mol. The lowest BCUT2D eigenvalue weighted by molar-refractivity contribution is -0.0504. The predicted octanol–water partition coefficient (Wildman–Crippen LogP) is 4.20. The third-order valence-corrected chi connectivity index (χ3v) is 3.92. The minimum atomic E-state index is -2.94. The molecule has 0 fully saturated rings. The van der Waals surface area contributed by atoms with E-state index in [0.717, 1.165) is 0 Å². The van der Waals surface area contributed by atoms with Crippen molar-refractivity contribution >= 4 is 6.03 Å². The molecule has 2 amide bonds. The van der Waals surface area contributed by atoms with Crippen molar-refractivity contribution in [1.82, 2.24) is 10.6 Å². The van der Waals surface area contributed by atoms with Gasteiger partial charge in [-0.15, -0.1) is 0 Å². The van der Waals surface area contributed by atoms with Gasteiger partial charge in [-0.3, -0.25) is 0 Å². The summed E-state index contributed by atoms with van der Waals surface area (Å²) < 4.78 is 43.1. The number of carbonyl (C=O) groups excluding carboxylic acids is 1.